The molecule has 0 fully saturated rings. The first-order valence-corrected chi connectivity index (χ1v) is 3.24. The van der Waals surface area contributed by atoms with Crippen molar-refractivity contribution < 1.29 is 15.0 Å². The van der Waals surface area contributed by atoms with E-state index in [0.29, 0.717) is 6.42 Å². The Morgan fingerprint density at radius 3 is 1.40 bits per heavy atom. The van der Waals surface area contributed by atoms with Gasteiger partial charge in [-0.15, -0.1) is 0 Å². The topological polar surface area (TPSA) is 57.5 Å². The number of rotatable bonds is 1. The van der Waals surface area contributed by atoms with E-state index in [-0.39, 0.29) is 12.4 Å². The summed E-state index contributed by atoms with van der Waals surface area (Å²) in [5, 5.41) is 14.6. The number of hydrogen-bond acceptors (Lipinski definition) is 3. The zero-order chi connectivity index (χ0) is 8.99. The van der Waals surface area contributed by atoms with Gasteiger partial charge in [0.25, 0.3) is 0 Å². The summed E-state index contributed by atoms with van der Waals surface area (Å²) >= 11 is 0. The fraction of sp³-hybridized carbons (Fsp3) is 0.857. The lowest BCUT2D eigenvalue weighted by Crippen LogP contribution is -1.80. The molecule has 3 heteroatoms. The van der Waals surface area contributed by atoms with Crippen LogP contribution in [0.5, 0.6) is 0 Å². The minimum absolute atomic E-state index is 0.250. The van der Waals surface area contributed by atoms with E-state index < -0.39 is 0 Å². The van der Waals surface area contributed by atoms with Gasteiger partial charge >= 0.3 is 0 Å². The standard InChI is InChI=1S/C4H8O.C2H6O.CH4O/c1-3-4(2)5;1-2-3;1-2/h3H2,1-2H3;3H,2H2,1H3;2H,1H3. The molecule has 10 heavy (non-hydrogen) atoms. The maximum atomic E-state index is 9.81. The average Bonchev–Trinajstić information content (AvgIpc) is 1.94. The van der Waals surface area contributed by atoms with Gasteiger partial charge in [0.05, 0.1) is 0 Å². The minimum atomic E-state index is 0.250. The second-order valence-corrected chi connectivity index (χ2v) is 1.37. The van der Waals surface area contributed by atoms with Crippen molar-refractivity contribution in [2.75, 3.05) is 13.7 Å². The van der Waals surface area contributed by atoms with Crippen molar-refractivity contribution >= 4 is 5.78 Å². The molecule has 0 atom stereocenters. The van der Waals surface area contributed by atoms with Gasteiger partial charge in [-0.2, -0.15) is 0 Å². The Kier molecular flexibility index (Phi) is 38.3. The van der Waals surface area contributed by atoms with Crippen LogP contribution in [-0.2, 0) is 4.79 Å². The van der Waals surface area contributed by atoms with Gasteiger partial charge in [0.15, 0.2) is 0 Å². The Bertz CT molecular complexity index is 52.8. The van der Waals surface area contributed by atoms with Crippen LogP contribution in [0.4, 0.5) is 0 Å². The first-order chi connectivity index (χ1) is 4.68. The summed E-state index contributed by atoms with van der Waals surface area (Å²) in [6, 6.07) is 0. The minimum Gasteiger partial charge on any atom is -0.400 e. The highest BCUT2D eigenvalue weighted by molar-refractivity contribution is 5.74. The second kappa shape index (κ2) is 23.5. The summed E-state index contributed by atoms with van der Waals surface area (Å²) in [7, 11) is 1.00. The van der Waals surface area contributed by atoms with Gasteiger partial charge in [0.2, 0.25) is 0 Å². The van der Waals surface area contributed by atoms with Crippen LogP contribution in [0.15, 0.2) is 0 Å². The molecule has 0 spiro atoms. The molecule has 0 aromatic carbocycles. The van der Waals surface area contributed by atoms with Crippen molar-refractivity contribution in [3.63, 3.8) is 0 Å². The van der Waals surface area contributed by atoms with Gasteiger partial charge in [0.1, 0.15) is 5.78 Å². The fourth-order valence-corrected chi connectivity index (χ4v) is 0. The van der Waals surface area contributed by atoms with E-state index in [9.17, 15) is 4.79 Å². The number of aliphatic hydroxyl groups excluding tert-OH is 2. The fourth-order valence-electron chi connectivity index (χ4n) is 0. The maximum Gasteiger partial charge on any atom is 0.129 e. The number of hydrogen-bond donors (Lipinski definition) is 2. The van der Waals surface area contributed by atoms with Crippen molar-refractivity contribution in [3.8, 4) is 0 Å². The Morgan fingerprint density at radius 2 is 1.40 bits per heavy atom. The first-order valence-electron chi connectivity index (χ1n) is 3.24. The lowest BCUT2D eigenvalue weighted by Gasteiger charge is -1.71. The molecule has 0 radical (unpaired) electrons. The summed E-state index contributed by atoms with van der Waals surface area (Å²) < 4.78 is 0. The Balaban J connectivity index is -0.0000000847. The SMILES string of the molecule is CCC(C)=O.CCO.CO. The monoisotopic (exact) mass is 150 g/mol. The van der Waals surface area contributed by atoms with Crippen molar-refractivity contribution in [3.05, 3.63) is 0 Å². The van der Waals surface area contributed by atoms with Crippen LogP contribution in [0.25, 0.3) is 0 Å². The molecule has 0 aromatic heterocycles. The van der Waals surface area contributed by atoms with Gasteiger partial charge < -0.3 is 15.0 Å². The van der Waals surface area contributed by atoms with E-state index in [2.05, 4.69) is 0 Å². The predicted molar refractivity (Wildman–Crippen MR) is 41.9 cm³/mol. The van der Waals surface area contributed by atoms with Gasteiger partial charge in [-0.05, 0) is 13.8 Å². The zero-order valence-corrected chi connectivity index (χ0v) is 7.22. The van der Waals surface area contributed by atoms with Crippen LogP contribution in [0, 0.1) is 0 Å². The summed E-state index contributed by atoms with van der Waals surface area (Å²) in [5.74, 6) is 0.255. The highest BCUT2D eigenvalue weighted by Crippen LogP contribution is 1.71. The van der Waals surface area contributed by atoms with Crippen molar-refractivity contribution in [2.24, 2.45) is 0 Å². The summed E-state index contributed by atoms with van der Waals surface area (Å²) in [6.45, 7) is 5.36. The Morgan fingerprint density at radius 1 is 1.30 bits per heavy atom. The highest BCUT2D eigenvalue weighted by Gasteiger charge is 1.76. The number of Topliss-reactive ketones (excluding diaryl/α,β-unsaturated/α-hetero) is 1. The quantitative estimate of drug-likeness (QED) is 0.575. The molecule has 0 aliphatic carbocycles. The van der Waals surface area contributed by atoms with E-state index in [1.54, 1.807) is 13.8 Å². The van der Waals surface area contributed by atoms with Crippen LogP contribution >= 0.6 is 0 Å². The van der Waals surface area contributed by atoms with Gasteiger partial charge in [-0.25, -0.2) is 0 Å². The normalized spacial score (nSPS) is 6.20. The van der Waals surface area contributed by atoms with Crippen LogP contribution in [-0.4, -0.2) is 29.7 Å². The molecule has 2 N–H and O–H groups in total. The van der Waals surface area contributed by atoms with E-state index >= 15 is 0 Å². The molecule has 0 saturated heterocycles. The molecule has 0 rings (SSSR count). The lowest BCUT2D eigenvalue weighted by molar-refractivity contribution is -0.116. The molecule has 0 saturated carbocycles. The molecule has 0 aliphatic rings. The summed E-state index contributed by atoms with van der Waals surface area (Å²) in [4.78, 5) is 9.81. The Hall–Kier alpha value is -0.410. The van der Waals surface area contributed by atoms with E-state index in [1.807, 2.05) is 6.92 Å². The molecule has 0 aliphatic heterocycles. The Labute approximate surface area is 62.7 Å². The number of aliphatic hydroxyl groups is 2. The second-order valence-electron chi connectivity index (χ2n) is 1.37. The summed E-state index contributed by atoms with van der Waals surface area (Å²) in [5.41, 5.74) is 0. The van der Waals surface area contributed by atoms with Crippen LogP contribution in [0.3, 0.4) is 0 Å². The predicted octanol–water partition coefficient (Wildman–Crippen LogP) is 0.593. The number of carbonyl (C=O) groups is 1. The van der Waals surface area contributed by atoms with Gasteiger partial charge in [-0.1, -0.05) is 6.92 Å². The summed E-state index contributed by atoms with van der Waals surface area (Å²) in [6.07, 6.45) is 0.667. The molecule has 3 nitrogen and oxygen atoms in total. The highest BCUT2D eigenvalue weighted by atomic mass is 16.2. The van der Waals surface area contributed by atoms with Crippen molar-refractivity contribution in [1.82, 2.24) is 0 Å². The molecular formula is C7H18O3. The third-order valence-electron chi connectivity index (χ3n) is 0.498. The van der Waals surface area contributed by atoms with Crippen LogP contribution in [0.2, 0.25) is 0 Å². The molecule has 0 bridgehead atoms. The van der Waals surface area contributed by atoms with E-state index in [4.69, 9.17) is 10.2 Å². The molecule has 64 valence electrons. The van der Waals surface area contributed by atoms with E-state index in [1.165, 1.54) is 0 Å². The third-order valence-corrected chi connectivity index (χ3v) is 0.498. The smallest absolute Gasteiger partial charge is 0.129 e. The number of ketones is 1. The lowest BCUT2D eigenvalue weighted by atomic mass is 10.4. The molecule has 0 heterocycles. The molecule has 0 amide bonds. The average molecular weight is 150 g/mol. The zero-order valence-electron chi connectivity index (χ0n) is 7.22. The van der Waals surface area contributed by atoms with Crippen LogP contribution < -0.4 is 0 Å². The van der Waals surface area contributed by atoms with Gasteiger partial charge in [-0.3, -0.25) is 0 Å². The van der Waals surface area contributed by atoms with Crippen molar-refractivity contribution in [1.29, 1.82) is 0 Å². The number of carbonyl (C=O) groups excluding carboxylic acids is 1. The first kappa shape index (κ1) is 16.3. The maximum absolute atomic E-state index is 9.81. The van der Waals surface area contributed by atoms with Crippen molar-refractivity contribution in [2.45, 2.75) is 27.2 Å². The molecule has 0 aromatic rings. The van der Waals surface area contributed by atoms with Gasteiger partial charge in [0, 0.05) is 20.1 Å². The molecular weight excluding hydrogens is 132 g/mol. The third kappa shape index (κ3) is 130. The largest absolute Gasteiger partial charge is 0.400 e. The molecule has 0 unspecified atom stereocenters. The van der Waals surface area contributed by atoms with Crippen LogP contribution in [0.1, 0.15) is 27.2 Å². The van der Waals surface area contributed by atoms with E-state index in [0.717, 1.165) is 7.11 Å².